The summed E-state index contributed by atoms with van der Waals surface area (Å²) in [5.41, 5.74) is -0.796. The Balaban J connectivity index is 2.13. The number of esters is 2. The summed E-state index contributed by atoms with van der Waals surface area (Å²) in [7, 11) is 1.12. The number of nitrogens with zero attached hydrogens (tertiary/aromatic N) is 2. The first-order valence-corrected chi connectivity index (χ1v) is 8.60. The molecule has 0 spiro atoms. The summed E-state index contributed by atoms with van der Waals surface area (Å²) in [6.07, 6.45) is 2.81. The van der Waals surface area contributed by atoms with Crippen molar-refractivity contribution >= 4 is 23.5 Å². The van der Waals surface area contributed by atoms with Crippen LogP contribution in [0, 0.1) is 10.1 Å². The molecule has 1 aromatic carbocycles. The van der Waals surface area contributed by atoms with Crippen molar-refractivity contribution in [1.82, 2.24) is 4.90 Å². The van der Waals surface area contributed by atoms with Crippen LogP contribution in [0.15, 0.2) is 18.2 Å². The van der Waals surface area contributed by atoms with Crippen molar-refractivity contribution in [1.29, 1.82) is 0 Å². The van der Waals surface area contributed by atoms with Gasteiger partial charge in [-0.3, -0.25) is 14.9 Å². The van der Waals surface area contributed by atoms with Gasteiger partial charge >= 0.3 is 11.9 Å². The van der Waals surface area contributed by atoms with Crippen molar-refractivity contribution in [2.45, 2.75) is 45.2 Å². The molecule has 1 aromatic rings. The molecule has 0 radical (unpaired) electrons. The molecular weight excluding hydrogens is 356 g/mol. The van der Waals surface area contributed by atoms with E-state index in [-0.39, 0.29) is 29.1 Å². The number of methoxy groups -OCH3 is 1. The van der Waals surface area contributed by atoms with E-state index in [1.54, 1.807) is 4.90 Å². The van der Waals surface area contributed by atoms with Gasteiger partial charge < -0.3 is 14.4 Å². The topological polar surface area (TPSA) is 116 Å². The summed E-state index contributed by atoms with van der Waals surface area (Å²) in [6, 6.07) is 3.25. The highest BCUT2D eigenvalue weighted by molar-refractivity contribution is 5.97. The first-order valence-electron chi connectivity index (χ1n) is 8.60. The number of non-ortho nitro benzene ring substituents is 1. The number of nitro groups is 1. The van der Waals surface area contributed by atoms with E-state index in [1.165, 1.54) is 0 Å². The second-order valence-corrected chi connectivity index (χ2v) is 6.52. The Kier molecular flexibility index (Phi) is 6.49. The maximum absolute atomic E-state index is 12.4. The van der Waals surface area contributed by atoms with Crippen molar-refractivity contribution in [3.63, 3.8) is 0 Å². The number of amides is 1. The van der Waals surface area contributed by atoms with Crippen LogP contribution in [0.5, 0.6) is 0 Å². The molecule has 1 fully saturated rings. The summed E-state index contributed by atoms with van der Waals surface area (Å²) in [4.78, 5) is 48.3. The molecule has 1 aliphatic rings. The first kappa shape index (κ1) is 20.3. The Morgan fingerprint density at radius 3 is 2.19 bits per heavy atom. The number of piperidine rings is 1. The third-order valence-corrected chi connectivity index (χ3v) is 4.59. The van der Waals surface area contributed by atoms with Crippen LogP contribution in [0.3, 0.4) is 0 Å². The van der Waals surface area contributed by atoms with E-state index in [0.29, 0.717) is 0 Å². The van der Waals surface area contributed by atoms with Gasteiger partial charge in [0.1, 0.15) is 0 Å². The Bertz CT molecular complexity index is 752. The Hall–Kier alpha value is -2.97. The van der Waals surface area contributed by atoms with E-state index >= 15 is 0 Å². The van der Waals surface area contributed by atoms with Crippen molar-refractivity contribution in [2.24, 2.45) is 0 Å². The molecule has 0 aliphatic carbocycles. The average molecular weight is 378 g/mol. The summed E-state index contributed by atoms with van der Waals surface area (Å²) in [5, 5.41) is 11.0. The third-order valence-electron chi connectivity index (χ3n) is 4.59. The fourth-order valence-corrected chi connectivity index (χ4v) is 3.27. The van der Waals surface area contributed by atoms with Gasteiger partial charge in [-0.05, 0) is 39.2 Å². The SMILES string of the molecule is COC(=O)c1cc(C(=O)OCC(=O)N2[C@@H](C)CCC[C@@H]2C)cc([N+](=O)[O-])c1. The van der Waals surface area contributed by atoms with Crippen molar-refractivity contribution < 1.29 is 28.8 Å². The van der Waals surface area contributed by atoms with Gasteiger partial charge in [-0.2, -0.15) is 0 Å². The molecule has 0 N–H and O–H groups in total. The van der Waals surface area contributed by atoms with E-state index in [2.05, 4.69) is 4.74 Å². The molecule has 0 unspecified atom stereocenters. The van der Waals surface area contributed by atoms with Crippen LogP contribution in [0.1, 0.15) is 53.8 Å². The lowest BCUT2D eigenvalue weighted by molar-refractivity contribution is -0.384. The molecule has 0 saturated carbocycles. The largest absolute Gasteiger partial charge is 0.465 e. The summed E-state index contributed by atoms with van der Waals surface area (Å²) in [5.74, 6) is -2.06. The van der Waals surface area contributed by atoms with Gasteiger partial charge in [0.2, 0.25) is 0 Å². The maximum Gasteiger partial charge on any atom is 0.338 e. The molecule has 0 bridgehead atoms. The fraction of sp³-hybridized carbons (Fsp3) is 0.500. The highest BCUT2D eigenvalue weighted by Crippen LogP contribution is 2.23. The van der Waals surface area contributed by atoms with E-state index in [0.717, 1.165) is 44.6 Å². The van der Waals surface area contributed by atoms with Crippen LogP contribution in [0.2, 0.25) is 0 Å². The minimum Gasteiger partial charge on any atom is -0.465 e. The lowest BCUT2D eigenvalue weighted by Gasteiger charge is -2.38. The van der Waals surface area contributed by atoms with Crippen LogP contribution in [0.4, 0.5) is 5.69 Å². The molecule has 0 aromatic heterocycles. The van der Waals surface area contributed by atoms with Crippen LogP contribution < -0.4 is 0 Å². The molecule has 9 heteroatoms. The lowest BCUT2D eigenvalue weighted by Crippen LogP contribution is -2.49. The second kappa shape index (κ2) is 8.61. The highest BCUT2D eigenvalue weighted by Gasteiger charge is 2.29. The Morgan fingerprint density at radius 1 is 1.11 bits per heavy atom. The van der Waals surface area contributed by atoms with Crippen LogP contribution in [-0.2, 0) is 14.3 Å². The van der Waals surface area contributed by atoms with Crippen LogP contribution in [0.25, 0.3) is 0 Å². The number of benzene rings is 1. The molecule has 1 amide bonds. The molecule has 1 aliphatic heterocycles. The standard InChI is InChI=1S/C18H22N2O7/c1-11-5-4-6-12(2)19(11)16(21)10-27-18(23)14-7-13(17(22)26-3)8-15(9-14)20(24)25/h7-9,11-12H,4-6,10H2,1-3H3/t11-,12-/m0/s1. The zero-order chi connectivity index (χ0) is 20.1. The molecule has 2 rings (SSSR count). The number of nitro benzene ring substituents is 1. The highest BCUT2D eigenvalue weighted by atomic mass is 16.6. The minimum absolute atomic E-state index is 0.0590. The number of hydrogen-bond donors (Lipinski definition) is 0. The molecule has 1 heterocycles. The van der Waals surface area contributed by atoms with E-state index in [1.807, 2.05) is 13.8 Å². The summed E-state index contributed by atoms with van der Waals surface area (Å²) >= 11 is 0. The summed E-state index contributed by atoms with van der Waals surface area (Å²) < 4.78 is 9.57. The molecular formula is C18H22N2O7. The smallest absolute Gasteiger partial charge is 0.338 e. The summed E-state index contributed by atoms with van der Waals surface area (Å²) in [6.45, 7) is 3.42. The maximum atomic E-state index is 12.4. The van der Waals surface area contributed by atoms with E-state index in [9.17, 15) is 24.5 Å². The van der Waals surface area contributed by atoms with Crippen LogP contribution in [-0.4, -0.2) is 53.5 Å². The quantitative estimate of drug-likeness (QED) is 0.438. The molecule has 27 heavy (non-hydrogen) atoms. The third kappa shape index (κ3) is 4.81. The van der Waals surface area contributed by atoms with Gasteiger partial charge in [-0.1, -0.05) is 0 Å². The van der Waals surface area contributed by atoms with Gasteiger partial charge in [0, 0.05) is 24.2 Å². The average Bonchev–Trinajstić information content (AvgIpc) is 2.64. The normalized spacial score (nSPS) is 19.3. The minimum atomic E-state index is -0.922. The lowest BCUT2D eigenvalue weighted by atomic mass is 9.97. The monoisotopic (exact) mass is 378 g/mol. The van der Waals surface area contributed by atoms with E-state index in [4.69, 9.17) is 4.74 Å². The van der Waals surface area contributed by atoms with Gasteiger partial charge in [0.25, 0.3) is 11.6 Å². The van der Waals surface area contributed by atoms with Crippen molar-refractivity contribution in [3.8, 4) is 0 Å². The Labute approximate surface area is 156 Å². The fourth-order valence-electron chi connectivity index (χ4n) is 3.27. The number of ether oxygens (including phenoxy) is 2. The molecule has 9 nitrogen and oxygen atoms in total. The first-order chi connectivity index (χ1) is 12.7. The van der Waals surface area contributed by atoms with Gasteiger partial charge in [-0.25, -0.2) is 9.59 Å². The molecule has 1 saturated heterocycles. The van der Waals surface area contributed by atoms with Gasteiger partial charge in [0.05, 0.1) is 23.2 Å². The zero-order valence-corrected chi connectivity index (χ0v) is 15.5. The van der Waals surface area contributed by atoms with Crippen LogP contribution >= 0.6 is 0 Å². The number of rotatable bonds is 5. The number of carbonyl (C=O) groups excluding carboxylic acids is 3. The zero-order valence-electron chi connectivity index (χ0n) is 15.5. The predicted octanol–water partition coefficient (Wildman–Crippen LogP) is 2.33. The number of likely N-dealkylation sites (tertiary alicyclic amines) is 1. The van der Waals surface area contributed by atoms with Gasteiger partial charge in [-0.15, -0.1) is 0 Å². The molecule has 146 valence electrons. The van der Waals surface area contributed by atoms with Crippen molar-refractivity contribution in [3.05, 3.63) is 39.4 Å². The molecule has 2 atom stereocenters. The Morgan fingerprint density at radius 2 is 1.67 bits per heavy atom. The predicted molar refractivity (Wildman–Crippen MR) is 94.3 cm³/mol. The second-order valence-electron chi connectivity index (χ2n) is 6.52. The van der Waals surface area contributed by atoms with Gasteiger partial charge in [0.15, 0.2) is 6.61 Å². The number of hydrogen-bond acceptors (Lipinski definition) is 7. The van der Waals surface area contributed by atoms with E-state index < -0.39 is 29.2 Å². The number of carbonyl (C=O) groups is 3. The van der Waals surface area contributed by atoms with Crippen molar-refractivity contribution in [2.75, 3.05) is 13.7 Å².